The van der Waals surface area contributed by atoms with Gasteiger partial charge >= 0.3 is 0 Å². The van der Waals surface area contributed by atoms with Crippen molar-refractivity contribution in [2.75, 3.05) is 0 Å². The Balaban J connectivity index is 3.54. The Bertz CT molecular complexity index is 51.6. The fourth-order valence-electron chi connectivity index (χ4n) is 0. The zero-order valence-electron chi connectivity index (χ0n) is 4.89. The molecule has 0 aliphatic carbocycles. The lowest BCUT2D eigenvalue weighted by atomic mass is 10.1. The molecule has 0 aromatic heterocycles. The molecule has 2 heteroatoms. The monoisotopic (exact) mass is 103 g/mol. The summed E-state index contributed by atoms with van der Waals surface area (Å²) in [6, 6.07) is 0. The van der Waals surface area contributed by atoms with Crippen LogP contribution in [0.25, 0.3) is 0 Å². The molecule has 2 N–H and O–H groups in total. The highest BCUT2D eigenvalue weighted by Gasteiger charge is 2.19. The molecule has 0 saturated heterocycles. The van der Waals surface area contributed by atoms with Crippen molar-refractivity contribution in [1.29, 1.82) is 0 Å². The Morgan fingerprint density at radius 2 is 1.43 bits per heavy atom. The minimum atomic E-state index is -1.58. The van der Waals surface area contributed by atoms with Crippen LogP contribution in [0.4, 0.5) is 0 Å². The highest BCUT2D eigenvalue weighted by molar-refractivity contribution is 4.89. The molecule has 2 nitrogen and oxygen atoms in total. The third kappa shape index (κ3) is 2.60. The number of hydrogen-bond donors (Lipinski definition) is 2. The van der Waals surface area contributed by atoms with Gasteiger partial charge in [-0.05, 0) is 6.92 Å². The molecule has 0 bridgehead atoms. The average Bonchev–Trinajstić information content (AvgIpc) is 1.31. The zero-order valence-corrected chi connectivity index (χ0v) is 4.89. The van der Waals surface area contributed by atoms with Gasteiger partial charge in [0.2, 0.25) is 0 Å². The molecule has 43 valence electrons. The van der Waals surface area contributed by atoms with Crippen molar-refractivity contribution in [2.24, 2.45) is 0 Å². The van der Waals surface area contributed by atoms with E-state index in [1.165, 1.54) is 6.92 Å². The first-order valence-corrected chi connectivity index (χ1v) is 2.20. The van der Waals surface area contributed by atoms with Gasteiger partial charge in [0.15, 0.2) is 5.79 Å². The van der Waals surface area contributed by atoms with Crippen molar-refractivity contribution in [3.05, 3.63) is 5.92 Å². The molecular formula is C5H11O2. The van der Waals surface area contributed by atoms with Crippen LogP contribution in [0.1, 0.15) is 20.8 Å². The second kappa shape index (κ2) is 1.80. The standard InChI is InChI=1S/C5H11O2/c1-4(2)5(3,6)7/h6-7H,1-3H3. The van der Waals surface area contributed by atoms with Gasteiger partial charge in [-0.15, -0.1) is 0 Å². The van der Waals surface area contributed by atoms with Gasteiger partial charge in [0, 0.05) is 5.92 Å². The Kier molecular flexibility index (Phi) is 1.78. The summed E-state index contributed by atoms with van der Waals surface area (Å²) in [7, 11) is 0. The highest BCUT2D eigenvalue weighted by atomic mass is 16.5. The summed E-state index contributed by atoms with van der Waals surface area (Å²) in [5.74, 6) is -0.979. The molecule has 0 atom stereocenters. The normalized spacial score (nSPS) is 12.9. The third-order valence-electron chi connectivity index (χ3n) is 0.947. The van der Waals surface area contributed by atoms with Crippen LogP contribution in [0.15, 0.2) is 0 Å². The van der Waals surface area contributed by atoms with Crippen LogP contribution in [-0.4, -0.2) is 16.0 Å². The predicted octanol–water partition coefficient (Wildman–Crippen LogP) is 0.301. The lowest BCUT2D eigenvalue weighted by Crippen LogP contribution is -2.28. The first kappa shape index (κ1) is 6.92. The smallest absolute Gasteiger partial charge is 0.165 e. The van der Waals surface area contributed by atoms with E-state index in [1.54, 1.807) is 13.8 Å². The molecule has 0 spiro atoms. The van der Waals surface area contributed by atoms with Gasteiger partial charge in [-0.2, -0.15) is 0 Å². The van der Waals surface area contributed by atoms with Crippen LogP contribution in [0.5, 0.6) is 0 Å². The second-order valence-electron chi connectivity index (χ2n) is 2.02. The van der Waals surface area contributed by atoms with Crippen molar-refractivity contribution in [2.45, 2.75) is 26.6 Å². The maximum Gasteiger partial charge on any atom is 0.165 e. The summed E-state index contributed by atoms with van der Waals surface area (Å²) < 4.78 is 0. The summed E-state index contributed by atoms with van der Waals surface area (Å²) >= 11 is 0. The van der Waals surface area contributed by atoms with Gasteiger partial charge in [-0.1, -0.05) is 13.8 Å². The van der Waals surface area contributed by atoms with Crippen molar-refractivity contribution in [3.63, 3.8) is 0 Å². The largest absolute Gasteiger partial charge is 0.365 e. The fourth-order valence-corrected chi connectivity index (χ4v) is 0. The van der Waals surface area contributed by atoms with E-state index in [-0.39, 0.29) is 0 Å². The van der Waals surface area contributed by atoms with E-state index in [9.17, 15) is 0 Å². The zero-order chi connectivity index (χ0) is 6.08. The van der Waals surface area contributed by atoms with Crippen molar-refractivity contribution >= 4 is 0 Å². The number of aliphatic hydroxyl groups is 2. The summed E-state index contributed by atoms with van der Waals surface area (Å²) in [5.41, 5.74) is 0. The maximum atomic E-state index is 8.61. The van der Waals surface area contributed by atoms with Gasteiger partial charge < -0.3 is 10.2 Å². The summed E-state index contributed by atoms with van der Waals surface area (Å²) in [6.45, 7) is 4.67. The quantitative estimate of drug-likeness (QED) is 0.469. The Morgan fingerprint density at radius 3 is 1.43 bits per heavy atom. The van der Waals surface area contributed by atoms with E-state index in [1.807, 2.05) is 0 Å². The third-order valence-corrected chi connectivity index (χ3v) is 0.947. The molecule has 0 fully saturated rings. The fraction of sp³-hybridized carbons (Fsp3) is 0.800. The minimum absolute atomic E-state index is 0.604. The lowest BCUT2D eigenvalue weighted by Gasteiger charge is -2.18. The molecule has 0 aliphatic heterocycles. The van der Waals surface area contributed by atoms with Crippen molar-refractivity contribution in [3.8, 4) is 0 Å². The van der Waals surface area contributed by atoms with E-state index in [0.717, 1.165) is 0 Å². The molecule has 0 saturated carbocycles. The molecule has 7 heavy (non-hydrogen) atoms. The van der Waals surface area contributed by atoms with Gasteiger partial charge in [-0.25, -0.2) is 0 Å². The van der Waals surface area contributed by atoms with Crippen LogP contribution in [-0.2, 0) is 0 Å². The summed E-state index contributed by atoms with van der Waals surface area (Å²) in [4.78, 5) is 0. The molecule has 1 radical (unpaired) electrons. The van der Waals surface area contributed by atoms with E-state index in [2.05, 4.69) is 0 Å². The van der Waals surface area contributed by atoms with Gasteiger partial charge in [0.05, 0.1) is 0 Å². The van der Waals surface area contributed by atoms with Crippen LogP contribution < -0.4 is 0 Å². The molecule has 0 rings (SSSR count). The van der Waals surface area contributed by atoms with E-state index < -0.39 is 5.79 Å². The molecule has 0 unspecified atom stereocenters. The average molecular weight is 103 g/mol. The Hall–Kier alpha value is -0.0800. The van der Waals surface area contributed by atoms with Crippen LogP contribution in [0.2, 0.25) is 0 Å². The topological polar surface area (TPSA) is 40.5 Å². The SMILES string of the molecule is C[C](C)C(C)(O)O. The van der Waals surface area contributed by atoms with Crippen LogP contribution in [0.3, 0.4) is 0 Å². The van der Waals surface area contributed by atoms with E-state index in [0.29, 0.717) is 5.92 Å². The van der Waals surface area contributed by atoms with Crippen LogP contribution >= 0.6 is 0 Å². The van der Waals surface area contributed by atoms with Crippen molar-refractivity contribution in [1.82, 2.24) is 0 Å². The van der Waals surface area contributed by atoms with Gasteiger partial charge in [0.25, 0.3) is 0 Å². The number of rotatable bonds is 1. The Morgan fingerprint density at radius 1 is 1.29 bits per heavy atom. The molecule has 0 amide bonds. The molecule has 0 aromatic rings. The lowest BCUT2D eigenvalue weighted by molar-refractivity contribution is -0.128. The summed E-state index contributed by atoms with van der Waals surface area (Å²) in [5, 5.41) is 17.2. The van der Waals surface area contributed by atoms with E-state index >= 15 is 0 Å². The van der Waals surface area contributed by atoms with Gasteiger partial charge in [0.1, 0.15) is 0 Å². The second-order valence-corrected chi connectivity index (χ2v) is 2.02. The minimum Gasteiger partial charge on any atom is -0.365 e. The predicted molar refractivity (Wildman–Crippen MR) is 27.4 cm³/mol. The number of hydrogen-bond acceptors (Lipinski definition) is 2. The molecule has 0 aliphatic rings. The maximum absolute atomic E-state index is 8.61. The van der Waals surface area contributed by atoms with Gasteiger partial charge in [-0.3, -0.25) is 0 Å². The summed E-state index contributed by atoms with van der Waals surface area (Å²) in [6.07, 6.45) is 0. The van der Waals surface area contributed by atoms with E-state index in [4.69, 9.17) is 10.2 Å². The Labute approximate surface area is 43.8 Å². The molecular weight excluding hydrogens is 92.1 g/mol. The molecule has 0 heterocycles. The first-order chi connectivity index (χ1) is 2.94. The highest BCUT2D eigenvalue weighted by Crippen LogP contribution is 2.12. The van der Waals surface area contributed by atoms with Crippen LogP contribution in [0, 0.1) is 5.92 Å². The van der Waals surface area contributed by atoms with Crippen molar-refractivity contribution < 1.29 is 10.2 Å². The molecule has 0 aromatic carbocycles. The first-order valence-electron chi connectivity index (χ1n) is 2.20.